The van der Waals surface area contributed by atoms with Gasteiger partial charge in [-0.15, -0.1) is 0 Å². The van der Waals surface area contributed by atoms with Crippen molar-refractivity contribution in [1.29, 1.82) is 0 Å². The second kappa shape index (κ2) is 6.84. The quantitative estimate of drug-likeness (QED) is 0.938. The molecule has 0 unspecified atom stereocenters. The molecule has 1 saturated heterocycles. The Labute approximate surface area is 132 Å². The fraction of sp³-hybridized carbons (Fsp3) is 0.368. The van der Waals surface area contributed by atoms with Gasteiger partial charge in [0.15, 0.2) is 0 Å². The van der Waals surface area contributed by atoms with Crippen LogP contribution in [0.1, 0.15) is 29.9 Å². The molecule has 3 heteroatoms. The van der Waals surface area contributed by atoms with E-state index in [9.17, 15) is 0 Å². The number of ether oxygens (including phenoxy) is 1. The van der Waals surface area contributed by atoms with Crippen LogP contribution < -0.4 is 15.4 Å². The first-order valence-corrected chi connectivity index (χ1v) is 7.98. The molecular formula is C19H24N2O. The zero-order valence-electron chi connectivity index (χ0n) is 13.2. The fourth-order valence-electron chi connectivity index (χ4n) is 3.19. The second-order valence-electron chi connectivity index (χ2n) is 5.91. The average molecular weight is 296 g/mol. The summed E-state index contributed by atoms with van der Waals surface area (Å²) in [5.41, 5.74) is 9.59. The zero-order valence-corrected chi connectivity index (χ0v) is 13.2. The van der Waals surface area contributed by atoms with E-state index in [1.54, 1.807) is 7.11 Å². The largest absolute Gasteiger partial charge is 0.497 e. The van der Waals surface area contributed by atoms with Gasteiger partial charge in [-0.05, 0) is 54.2 Å². The van der Waals surface area contributed by atoms with Gasteiger partial charge in [0.2, 0.25) is 0 Å². The number of hydrogen-bond acceptors (Lipinski definition) is 3. The van der Waals surface area contributed by atoms with Gasteiger partial charge in [0.05, 0.1) is 7.11 Å². The van der Waals surface area contributed by atoms with E-state index in [2.05, 4.69) is 53.4 Å². The van der Waals surface area contributed by atoms with Crippen molar-refractivity contribution in [1.82, 2.24) is 0 Å². The summed E-state index contributed by atoms with van der Waals surface area (Å²) >= 11 is 0. The third kappa shape index (κ3) is 3.25. The summed E-state index contributed by atoms with van der Waals surface area (Å²) in [6.45, 7) is 2.83. The van der Waals surface area contributed by atoms with Crippen molar-refractivity contribution in [3.05, 3.63) is 59.7 Å². The molecule has 0 saturated carbocycles. The number of benzene rings is 2. The number of rotatable bonds is 4. The molecule has 2 N–H and O–H groups in total. The molecule has 0 aliphatic carbocycles. The molecule has 116 valence electrons. The van der Waals surface area contributed by atoms with E-state index in [4.69, 9.17) is 10.5 Å². The summed E-state index contributed by atoms with van der Waals surface area (Å²) in [5.74, 6) is 1.59. The predicted molar refractivity (Wildman–Crippen MR) is 91.5 cm³/mol. The molecular weight excluding hydrogens is 272 g/mol. The number of nitrogens with two attached hydrogens (primary N) is 1. The SMILES string of the molecule is COc1ccc(C2CCN(c3ccc(CN)cc3)CC2)cc1. The van der Waals surface area contributed by atoms with Crippen molar-refractivity contribution >= 4 is 5.69 Å². The van der Waals surface area contributed by atoms with Gasteiger partial charge in [0.1, 0.15) is 5.75 Å². The molecule has 1 heterocycles. The van der Waals surface area contributed by atoms with Crippen LogP contribution in [0, 0.1) is 0 Å². The van der Waals surface area contributed by atoms with Crippen LogP contribution in [0.4, 0.5) is 5.69 Å². The summed E-state index contributed by atoms with van der Waals surface area (Å²) in [7, 11) is 1.71. The number of methoxy groups -OCH3 is 1. The summed E-state index contributed by atoms with van der Waals surface area (Å²) in [4.78, 5) is 2.47. The van der Waals surface area contributed by atoms with E-state index < -0.39 is 0 Å². The van der Waals surface area contributed by atoms with E-state index in [-0.39, 0.29) is 0 Å². The monoisotopic (exact) mass is 296 g/mol. The molecule has 0 aromatic heterocycles. The van der Waals surface area contributed by atoms with E-state index >= 15 is 0 Å². The minimum absolute atomic E-state index is 0.611. The van der Waals surface area contributed by atoms with Gasteiger partial charge in [-0.25, -0.2) is 0 Å². The molecule has 0 radical (unpaired) electrons. The molecule has 1 aliphatic rings. The highest BCUT2D eigenvalue weighted by Gasteiger charge is 2.20. The third-order valence-corrected chi connectivity index (χ3v) is 4.62. The summed E-state index contributed by atoms with van der Waals surface area (Å²) in [6.07, 6.45) is 2.40. The van der Waals surface area contributed by atoms with Crippen LogP contribution in [-0.2, 0) is 6.54 Å². The molecule has 3 nitrogen and oxygen atoms in total. The van der Waals surface area contributed by atoms with Gasteiger partial charge in [0, 0.05) is 25.3 Å². The second-order valence-corrected chi connectivity index (χ2v) is 5.91. The van der Waals surface area contributed by atoms with Crippen molar-refractivity contribution in [2.24, 2.45) is 5.73 Å². The van der Waals surface area contributed by atoms with Crippen molar-refractivity contribution in [2.45, 2.75) is 25.3 Å². The summed E-state index contributed by atoms with van der Waals surface area (Å²) < 4.78 is 5.23. The van der Waals surface area contributed by atoms with Gasteiger partial charge >= 0.3 is 0 Å². The summed E-state index contributed by atoms with van der Waals surface area (Å²) in [5, 5.41) is 0. The Morgan fingerprint density at radius 2 is 1.64 bits per heavy atom. The third-order valence-electron chi connectivity index (χ3n) is 4.62. The van der Waals surface area contributed by atoms with Gasteiger partial charge in [0.25, 0.3) is 0 Å². The first-order chi connectivity index (χ1) is 10.8. The van der Waals surface area contributed by atoms with Crippen molar-refractivity contribution in [3.63, 3.8) is 0 Å². The Morgan fingerprint density at radius 1 is 1.00 bits per heavy atom. The molecule has 1 fully saturated rings. The first-order valence-electron chi connectivity index (χ1n) is 7.98. The van der Waals surface area contributed by atoms with Crippen LogP contribution in [0.2, 0.25) is 0 Å². The lowest BCUT2D eigenvalue weighted by molar-refractivity contribution is 0.414. The summed E-state index contributed by atoms with van der Waals surface area (Å²) in [6, 6.07) is 17.2. The molecule has 2 aromatic carbocycles. The molecule has 0 bridgehead atoms. The molecule has 3 rings (SSSR count). The number of anilines is 1. The highest BCUT2D eigenvalue weighted by atomic mass is 16.5. The maximum absolute atomic E-state index is 5.66. The average Bonchev–Trinajstić information content (AvgIpc) is 2.62. The molecule has 0 amide bonds. The smallest absolute Gasteiger partial charge is 0.118 e. The minimum Gasteiger partial charge on any atom is -0.497 e. The molecule has 1 aliphatic heterocycles. The Kier molecular flexibility index (Phi) is 4.64. The Morgan fingerprint density at radius 3 is 2.18 bits per heavy atom. The van der Waals surface area contributed by atoms with E-state index in [0.717, 1.165) is 18.8 Å². The van der Waals surface area contributed by atoms with Crippen molar-refractivity contribution in [2.75, 3.05) is 25.1 Å². The Bertz CT molecular complexity index is 528. The molecule has 0 atom stereocenters. The Balaban J connectivity index is 1.61. The van der Waals surface area contributed by atoms with Crippen LogP contribution in [0.25, 0.3) is 0 Å². The van der Waals surface area contributed by atoms with E-state index in [1.165, 1.54) is 29.7 Å². The van der Waals surface area contributed by atoms with Gasteiger partial charge in [-0.2, -0.15) is 0 Å². The highest BCUT2D eigenvalue weighted by molar-refractivity contribution is 5.48. The zero-order chi connectivity index (χ0) is 15.4. The standard InChI is InChI=1S/C19H24N2O/c1-22-19-8-4-16(5-9-19)17-10-12-21(13-11-17)18-6-2-15(14-20)3-7-18/h2-9,17H,10-14,20H2,1H3. The van der Waals surface area contributed by atoms with E-state index in [0.29, 0.717) is 12.5 Å². The fourth-order valence-corrected chi connectivity index (χ4v) is 3.19. The van der Waals surface area contributed by atoms with Crippen LogP contribution >= 0.6 is 0 Å². The molecule has 22 heavy (non-hydrogen) atoms. The number of nitrogens with zero attached hydrogens (tertiary/aromatic N) is 1. The van der Waals surface area contributed by atoms with Crippen LogP contribution in [0.15, 0.2) is 48.5 Å². The van der Waals surface area contributed by atoms with Crippen molar-refractivity contribution in [3.8, 4) is 5.75 Å². The lowest BCUT2D eigenvalue weighted by Gasteiger charge is -2.34. The molecule has 2 aromatic rings. The van der Waals surface area contributed by atoms with E-state index in [1.807, 2.05) is 0 Å². The predicted octanol–water partition coefficient (Wildman–Crippen LogP) is 3.54. The Hall–Kier alpha value is -2.00. The number of piperidine rings is 1. The van der Waals surface area contributed by atoms with Gasteiger partial charge < -0.3 is 15.4 Å². The number of hydrogen-bond donors (Lipinski definition) is 1. The van der Waals surface area contributed by atoms with Crippen molar-refractivity contribution < 1.29 is 4.74 Å². The van der Waals surface area contributed by atoms with Crippen LogP contribution in [-0.4, -0.2) is 20.2 Å². The normalized spacial score (nSPS) is 15.8. The van der Waals surface area contributed by atoms with Crippen LogP contribution in [0.5, 0.6) is 5.75 Å². The molecule has 0 spiro atoms. The lowest BCUT2D eigenvalue weighted by Crippen LogP contribution is -2.32. The maximum atomic E-state index is 5.66. The highest BCUT2D eigenvalue weighted by Crippen LogP contribution is 2.31. The van der Waals surface area contributed by atoms with Gasteiger partial charge in [-0.3, -0.25) is 0 Å². The lowest BCUT2D eigenvalue weighted by atomic mass is 9.89. The van der Waals surface area contributed by atoms with Gasteiger partial charge in [-0.1, -0.05) is 24.3 Å². The minimum atomic E-state index is 0.611. The van der Waals surface area contributed by atoms with Crippen LogP contribution in [0.3, 0.4) is 0 Å². The maximum Gasteiger partial charge on any atom is 0.118 e. The first kappa shape index (κ1) is 14.9. The topological polar surface area (TPSA) is 38.5 Å².